The van der Waals surface area contributed by atoms with Crippen LogP contribution in [0.1, 0.15) is 53.2 Å². The number of carbonyl (C=O) groups is 1. The molecule has 1 fully saturated rings. The lowest BCUT2D eigenvalue weighted by molar-refractivity contribution is 0.0919. The lowest BCUT2D eigenvalue weighted by Crippen LogP contribution is -2.45. The summed E-state index contributed by atoms with van der Waals surface area (Å²) in [6.07, 6.45) is 5.97. The molecule has 2 heterocycles. The Hall–Kier alpha value is -1.77. The number of aromatic nitrogens is 2. The van der Waals surface area contributed by atoms with Gasteiger partial charge in [-0.05, 0) is 31.2 Å². The largest absolute Gasteiger partial charge is 0.480 e. The van der Waals surface area contributed by atoms with E-state index in [1.165, 1.54) is 30.6 Å². The highest BCUT2D eigenvalue weighted by Crippen LogP contribution is 2.35. The Morgan fingerprint density at radius 1 is 1.30 bits per heavy atom. The van der Waals surface area contributed by atoms with E-state index in [0.717, 1.165) is 28.6 Å². The third-order valence-electron chi connectivity index (χ3n) is 5.27. The topological polar surface area (TPSA) is 99.4 Å². The van der Waals surface area contributed by atoms with Gasteiger partial charge in [-0.2, -0.15) is 4.98 Å². The number of amides is 1. The highest BCUT2D eigenvalue weighted by molar-refractivity contribution is 7.20. The standard InChI is InChI=1S/C19H28N4O3S/c1-11-15-18(26-3)22-14(10-25-2)23-19(15)27-16(11)17(24)21-13(9-20)12-7-5-4-6-8-12/h12-13H,4-10,20H2,1-3H3,(H,21,24). The normalized spacial score (nSPS) is 16.4. The number of hydrogen-bond donors (Lipinski definition) is 2. The SMILES string of the molecule is COCc1nc(OC)c2c(C)c(C(=O)NC(CN)C3CCCCC3)sc2n1. The maximum Gasteiger partial charge on any atom is 0.261 e. The minimum absolute atomic E-state index is 0.0134. The first-order chi connectivity index (χ1) is 13.1. The van der Waals surface area contributed by atoms with Gasteiger partial charge in [0.2, 0.25) is 5.88 Å². The molecule has 7 nitrogen and oxygen atoms in total. The minimum atomic E-state index is -0.0909. The van der Waals surface area contributed by atoms with E-state index in [2.05, 4.69) is 15.3 Å². The van der Waals surface area contributed by atoms with E-state index < -0.39 is 0 Å². The first-order valence-corrected chi connectivity index (χ1v) is 10.2. The van der Waals surface area contributed by atoms with Gasteiger partial charge in [0.25, 0.3) is 5.91 Å². The molecule has 1 unspecified atom stereocenters. The fourth-order valence-corrected chi connectivity index (χ4v) is 4.94. The second kappa shape index (κ2) is 8.95. The van der Waals surface area contributed by atoms with Crippen molar-refractivity contribution < 1.29 is 14.3 Å². The number of ether oxygens (including phenoxy) is 2. The molecule has 1 aliphatic rings. The Kier molecular flexibility index (Phi) is 6.62. The van der Waals surface area contributed by atoms with Gasteiger partial charge in [-0.1, -0.05) is 19.3 Å². The van der Waals surface area contributed by atoms with Crippen molar-refractivity contribution in [1.82, 2.24) is 15.3 Å². The molecule has 0 spiro atoms. The molecular formula is C19H28N4O3S. The number of hydrogen-bond acceptors (Lipinski definition) is 7. The molecule has 27 heavy (non-hydrogen) atoms. The number of nitrogens with two attached hydrogens (primary N) is 1. The second-order valence-corrected chi connectivity index (χ2v) is 8.03. The second-order valence-electron chi connectivity index (χ2n) is 7.03. The minimum Gasteiger partial charge on any atom is -0.480 e. The van der Waals surface area contributed by atoms with Crippen LogP contribution in [0.15, 0.2) is 0 Å². The molecule has 0 aliphatic heterocycles. The zero-order valence-electron chi connectivity index (χ0n) is 16.2. The summed E-state index contributed by atoms with van der Waals surface area (Å²) in [5, 5.41) is 3.95. The average molecular weight is 393 g/mol. The Morgan fingerprint density at radius 3 is 2.67 bits per heavy atom. The number of rotatable bonds is 7. The van der Waals surface area contributed by atoms with Crippen LogP contribution >= 0.6 is 11.3 Å². The van der Waals surface area contributed by atoms with E-state index in [1.807, 2.05) is 6.92 Å². The molecule has 0 radical (unpaired) electrons. The molecule has 8 heteroatoms. The summed E-state index contributed by atoms with van der Waals surface area (Å²) in [5.41, 5.74) is 6.81. The van der Waals surface area contributed by atoms with Gasteiger partial charge in [0.05, 0.1) is 17.4 Å². The van der Waals surface area contributed by atoms with E-state index in [4.69, 9.17) is 15.2 Å². The Bertz CT molecular complexity index is 802. The van der Waals surface area contributed by atoms with Crippen LogP contribution in [-0.2, 0) is 11.3 Å². The van der Waals surface area contributed by atoms with Crippen LogP contribution in [0.2, 0.25) is 0 Å². The van der Waals surface area contributed by atoms with Gasteiger partial charge in [0.1, 0.15) is 11.4 Å². The molecule has 2 aromatic heterocycles. The molecule has 148 valence electrons. The van der Waals surface area contributed by atoms with Crippen molar-refractivity contribution >= 4 is 27.5 Å². The molecule has 2 aromatic rings. The summed E-state index contributed by atoms with van der Waals surface area (Å²) in [4.78, 5) is 23.3. The number of nitrogens with zero attached hydrogens (tertiary/aromatic N) is 2. The maximum atomic E-state index is 13.0. The zero-order valence-corrected chi connectivity index (χ0v) is 17.0. The monoisotopic (exact) mass is 392 g/mol. The van der Waals surface area contributed by atoms with Crippen molar-refractivity contribution in [2.24, 2.45) is 11.7 Å². The van der Waals surface area contributed by atoms with Crippen molar-refractivity contribution in [3.05, 3.63) is 16.3 Å². The van der Waals surface area contributed by atoms with Crippen LogP contribution in [0.5, 0.6) is 5.88 Å². The zero-order chi connectivity index (χ0) is 19.4. The predicted molar refractivity (Wildman–Crippen MR) is 106 cm³/mol. The Labute approximate surface area is 163 Å². The van der Waals surface area contributed by atoms with Crippen LogP contribution < -0.4 is 15.8 Å². The van der Waals surface area contributed by atoms with Gasteiger partial charge in [-0.25, -0.2) is 4.98 Å². The van der Waals surface area contributed by atoms with E-state index in [-0.39, 0.29) is 11.9 Å². The summed E-state index contributed by atoms with van der Waals surface area (Å²) in [6, 6.07) is 0.0134. The fourth-order valence-electron chi connectivity index (χ4n) is 3.84. The lowest BCUT2D eigenvalue weighted by atomic mass is 9.84. The van der Waals surface area contributed by atoms with Crippen molar-refractivity contribution in [2.75, 3.05) is 20.8 Å². The molecule has 1 aliphatic carbocycles. The smallest absolute Gasteiger partial charge is 0.261 e. The van der Waals surface area contributed by atoms with Gasteiger partial charge >= 0.3 is 0 Å². The average Bonchev–Trinajstić information content (AvgIpc) is 3.03. The maximum absolute atomic E-state index is 13.0. The highest BCUT2D eigenvalue weighted by Gasteiger charge is 2.27. The first-order valence-electron chi connectivity index (χ1n) is 9.42. The van der Waals surface area contributed by atoms with Crippen molar-refractivity contribution in [3.63, 3.8) is 0 Å². The van der Waals surface area contributed by atoms with Crippen LogP contribution in [0.3, 0.4) is 0 Å². The first kappa shape index (κ1) is 20.0. The number of aryl methyl sites for hydroxylation is 1. The molecule has 1 amide bonds. The van der Waals surface area contributed by atoms with Gasteiger partial charge < -0.3 is 20.5 Å². The molecule has 0 bridgehead atoms. The van der Waals surface area contributed by atoms with Crippen molar-refractivity contribution in [3.8, 4) is 5.88 Å². The molecule has 1 atom stereocenters. The fraction of sp³-hybridized carbons (Fsp3) is 0.632. The number of nitrogens with one attached hydrogen (secondary N) is 1. The molecule has 3 N–H and O–H groups in total. The molecule has 1 saturated carbocycles. The molecule has 3 rings (SSSR count). The summed E-state index contributed by atoms with van der Waals surface area (Å²) in [7, 11) is 3.17. The Balaban J connectivity index is 1.88. The van der Waals surface area contributed by atoms with Crippen LogP contribution in [0.4, 0.5) is 0 Å². The molecule has 0 saturated heterocycles. The van der Waals surface area contributed by atoms with E-state index >= 15 is 0 Å². The molecular weight excluding hydrogens is 364 g/mol. The quantitative estimate of drug-likeness (QED) is 0.752. The van der Waals surface area contributed by atoms with Gasteiger partial charge in [-0.3, -0.25) is 4.79 Å². The Morgan fingerprint density at radius 2 is 2.04 bits per heavy atom. The van der Waals surface area contributed by atoms with Gasteiger partial charge in [0.15, 0.2) is 5.82 Å². The van der Waals surface area contributed by atoms with E-state index in [1.54, 1.807) is 14.2 Å². The summed E-state index contributed by atoms with van der Waals surface area (Å²) in [5.74, 6) is 1.39. The lowest BCUT2D eigenvalue weighted by Gasteiger charge is -2.30. The third kappa shape index (κ3) is 4.23. The third-order valence-corrected chi connectivity index (χ3v) is 6.45. The molecule has 0 aromatic carbocycles. The number of thiophene rings is 1. The van der Waals surface area contributed by atoms with Crippen LogP contribution in [-0.4, -0.2) is 42.7 Å². The summed E-state index contributed by atoms with van der Waals surface area (Å²) >= 11 is 1.36. The van der Waals surface area contributed by atoms with Crippen molar-refractivity contribution in [2.45, 2.75) is 51.7 Å². The number of methoxy groups -OCH3 is 2. The van der Waals surface area contributed by atoms with Crippen LogP contribution in [0, 0.1) is 12.8 Å². The predicted octanol–water partition coefficient (Wildman–Crippen LogP) is 2.79. The summed E-state index contributed by atoms with van der Waals surface area (Å²) < 4.78 is 10.6. The van der Waals surface area contributed by atoms with Gasteiger partial charge in [0, 0.05) is 19.7 Å². The van der Waals surface area contributed by atoms with E-state index in [9.17, 15) is 4.79 Å². The van der Waals surface area contributed by atoms with E-state index in [0.29, 0.717) is 35.7 Å². The number of fused-ring (bicyclic) bond motifs is 1. The highest BCUT2D eigenvalue weighted by atomic mass is 32.1. The van der Waals surface area contributed by atoms with Gasteiger partial charge in [-0.15, -0.1) is 11.3 Å². The number of carbonyl (C=O) groups excluding carboxylic acids is 1. The summed E-state index contributed by atoms with van der Waals surface area (Å²) in [6.45, 7) is 2.66. The van der Waals surface area contributed by atoms with Crippen molar-refractivity contribution in [1.29, 1.82) is 0 Å². The van der Waals surface area contributed by atoms with Crippen LogP contribution in [0.25, 0.3) is 10.2 Å².